The standard InChI is InChI=1S/C25H22F3N3O4S.C16H14N2O2.C8H10N/c1-13-5-7-18(9-14(13)2)29-24(32)17-6-8-20-21(12-17)31-23(30-20)22-15(3)10-19(11-16(22)4)35-36(33,34)25(26,27)28;1-9-4-3-5-10(2)14(9)15-17-12-7-6-11(16(19)20)8-13(12)18-15;1-6-3-4-8(9)5-7(6)2/h5-12H,1-4H3,(H,29,32)(H,30,31);3-8H,1-2H3,(H,17,18)(H,19,20);3-5,9H,1-2H3/q;;-1. The lowest BCUT2D eigenvalue weighted by molar-refractivity contribution is -0.0500. The van der Waals surface area contributed by atoms with Crippen molar-refractivity contribution in [3.8, 4) is 28.5 Å². The highest BCUT2D eigenvalue weighted by Gasteiger charge is 2.48. The number of carbonyl (C=O) groups excluding carboxylic acids is 1. The van der Waals surface area contributed by atoms with E-state index >= 15 is 0 Å². The van der Waals surface area contributed by atoms with Gasteiger partial charge in [0.05, 0.1) is 27.6 Å². The van der Waals surface area contributed by atoms with Gasteiger partial charge < -0.3 is 30.3 Å². The predicted molar refractivity (Wildman–Crippen MR) is 248 cm³/mol. The minimum absolute atomic E-state index is 0.259. The number of alkyl halides is 3. The van der Waals surface area contributed by atoms with Gasteiger partial charge in [-0.25, -0.2) is 14.8 Å². The molecule has 0 spiro atoms. The van der Waals surface area contributed by atoms with Crippen LogP contribution in [-0.4, -0.2) is 50.8 Å². The Balaban J connectivity index is 0.000000199. The molecule has 0 radical (unpaired) electrons. The van der Waals surface area contributed by atoms with E-state index in [0.717, 1.165) is 44.7 Å². The number of aromatic amines is 2. The molecule has 0 bridgehead atoms. The molecule has 16 heteroatoms. The number of aryl methyl sites for hydroxylation is 8. The van der Waals surface area contributed by atoms with Crippen LogP contribution in [0.1, 0.15) is 65.2 Å². The molecule has 8 aromatic rings. The van der Waals surface area contributed by atoms with E-state index in [2.05, 4.69) is 36.4 Å². The van der Waals surface area contributed by atoms with Crippen molar-refractivity contribution in [1.82, 2.24) is 19.9 Å². The summed E-state index contributed by atoms with van der Waals surface area (Å²) < 4.78 is 65.0. The molecule has 0 saturated heterocycles. The number of halogens is 3. The van der Waals surface area contributed by atoms with Crippen LogP contribution < -0.4 is 9.50 Å². The molecule has 0 aliphatic rings. The molecule has 0 aliphatic heterocycles. The Morgan fingerprint density at radius 1 is 0.615 bits per heavy atom. The maximum atomic E-state index is 12.8. The van der Waals surface area contributed by atoms with Gasteiger partial charge in [-0.05, 0) is 161 Å². The quantitative estimate of drug-likeness (QED) is 0.0897. The van der Waals surface area contributed by atoms with Gasteiger partial charge >= 0.3 is 21.6 Å². The molecular formula is C49H46F3N6O6S-. The largest absolute Gasteiger partial charge is 0.699 e. The van der Waals surface area contributed by atoms with E-state index in [4.69, 9.17) is 10.8 Å². The van der Waals surface area contributed by atoms with Crippen molar-refractivity contribution in [2.45, 2.75) is 60.9 Å². The molecule has 0 unspecified atom stereocenters. The Labute approximate surface area is 373 Å². The van der Waals surface area contributed by atoms with Crippen molar-refractivity contribution >= 4 is 55.4 Å². The van der Waals surface area contributed by atoms with Crippen LogP contribution in [0.25, 0.3) is 50.6 Å². The number of benzene rings is 6. The molecule has 0 atom stereocenters. The first-order valence-corrected chi connectivity index (χ1v) is 21.5. The SMILES string of the molecule is Cc1ccc(NC(=O)c2ccc3nc(-c4c(C)cc(OS(=O)(=O)C(F)(F)F)cc4C)[nH]c3c2)cc1C.Cc1ccc([NH-])cc1C.Cc1cccc(C)c1-c1nc2ccc(C(=O)O)cc2[nH]1. The van der Waals surface area contributed by atoms with Crippen LogP contribution >= 0.6 is 0 Å². The number of aromatic nitrogens is 4. The van der Waals surface area contributed by atoms with Crippen LogP contribution in [0.4, 0.5) is 24.5 Å². The van der Waals surface area contributed by atoms with Gasteiger partial charge in [0.25, 0.3) is 5.91 Å². The number of nitrogens with zero attached hydrogens (tertiary/aromatic N) is 2. The topological polar surface area (TPSA) is 191 Å². The number of H-pyrrole nitrogens is 2. The first kappa shape index (κ1) is 47.0. The summed E-state index contributed by atoms with van der Waals surface area (Å²) in [6.07, 6.45) is 0. The van der Waals surface area contributed by atoms with Crippen molar-refractivity contribution in [3.05, 3.63) is 164 Å². The molecule has 1 amide bonds. The fourth-order valence-corrected chi connectivity index (χ4v) is 7.45. The number of hydrogen-bond acceptors (Lipinski definition) is 7. The van der Waals surface area contributed by atoms with Gasteiger partial charge in [-0.3, -0.25) is 4.79 Å². The summed E-state index contributed by atoms with van der Waals surface area (Å²) >= 11 is 0. The average Bonchev–Trinajstić information content (AvgIpc) is 3.84. The van der Waals surface area contributed by atoms with Gasteiger partial charge in [-0.2, -0.15) is 21.6 Å². The third kappa shape index (κ3) is 10.8. The first-order chi connectivity index (χ1) is 30.5. The molecule has 2 aromatic heterocycles. The Morgan fingerprint density at radius 3 is 1.60 bits per heavy atom. The molecule has 0 aliphatic carbocycles. The fraction of sp³-hybridized carbons (Fsp3) is 0.184. The number of imidazole rings is 2. The maximum Gasteiger partial charge on any atom is 0.534 e. The molecule has 8 rings (SSSR count). The zero-order valence-electron chi connectivity index (χ0n) is 36.7. The van der Waals surface area contributed by atoms with Crippen molar-refractivity contribution in [3.63, 3.8) is 0 Å². The van der Waals surface area contributed by atoms with Crippen LogP contribution in [0.3, 0.4) is 0 Å². The summed E-state index contributed by atoms with van der Waals surface area (Å²) in [6, 6.07) is 29.7. The Bertz CT molecular complexity index is 3190. The number of fused-ring (bicyclic) bond motifs is 2. The molecule has 0 fully saturated rings. The number of aromatic carboxylic acids is 1. The Morgan fingerprint density at radius 2 is 1.11 bits per heavy atom. The average molecular weight is 904 g/mol. The molecule has 6 aromatic carbocycles. The van der Waals surface area contributed by atoms with Crippen molar-refractivity contribution in [2.75, 3.05) is 5.32 Å². The van der Waals surface area contributed by atoms with Crippen LogP contribution in [0.5, 0.6) is 5.75 Å². The van der Waals surface area contributed by atoms with Crippen molar-refractivity contribution in [1.29, 1.82) is 0 Å². The zero-order valence-corrected chi connectivity index (χ0v) is 37.6. The summed E-state index contributed by atoms with van der Waals surface area (Å²) in [7, 11) is -5.78. The van der Waals surface area contributed by atoms with E-state index in [-0.39, 0.29) is 11.5 Å². The lowest BCUT2D eigenvalue weighted by Gasteiger charge is -2.13. The smallest absolute Gasteiger partial charge is 0.534 e. The van der Waals surface area contributed by atoms with E-state index in [1.165, 1.54) is 23.3 Å². The lowest BCUT2D eigenvalue weighted by Crippen LogP contribution is -2.28. The second-order valence-corrected chi connectivity index (χ2v) is 17.2. The highest BCUT2D eigenvalue weighted by molar-refractivity contribution is 7.88. The Kier molecular flexibility index (Phi) is 13.5. The highest BCUT2D eigenvalue weighted by atomic mass is 32.2. The second kappa shape index (κ2) is 18.7. The van der Waals surface area contributed by atoms with Crippen molar-refractivity contribution < 1.29 is 40.5 Å². The summed E-state index contributed by atoms with van der Waals surface area (Å²) in [4.78, 5) is 39.2. The van der Waals surface area contributed by atoms with Gasteiger partial charge in [-0.1, -0.05) is 42.5 Å². The molecule has 2 heterocycles. The minimum Gasteiger partial charge on any atom is -0.699 e. The third-order valence-electron chi connectivity index (χ3n) is 10.7. The molecule has 12 nitrogen and oxygen atoms in total. The van der Waals surface area contributed by atoms with E-state index in [1.807, 2.05) is 89.2 Å². The monoisotopic (exact) mass is 903 g/mol. The van der Waals surface area contributed by atoms with Gasteiger partial charge in [0.1, 0.15) is 17.4 Å². The summed E-state index contributed by atoms with van der Waals surface area (Å²) in [6.45, 7) is 15.3. The maximum absolute atomic E-state index is 12.8. The lowest BCUT2D eigenvalue weighted by atomic mass is 10.0. The van der Waals surface area contributed by atoms with E-state index in [1.54, 1.807) is 50.2 Å². The predicted octanol–water partition coefficient (Wildman–Crippen LogP) is 12.5. The summed E-state index contributed by atoms with van der Waals surface area (Å²) in [5.74, 6) is -0.492. The normalized spacial score (nSPS) is 11.4. The van der Waals surface area contributed by atoms with Crippen LogP contribution in [0.15, 0.2) is 103 Å². The van der Waals surface area contributed by atoms with E-state index in [0.29, 0.717) is 50.5 Å². The number of hydrogen-bond donors (Lipinski definition) is 4. The zero-order chi connectivity index (χ0) is 47.5. The molecule has 5 N–H and O–H groups in total. The number of carboxylic acids is 1. The minimum atomic E-state index is -5.78. The number of rotatable bonds is 7. The van der Waals surface area contributed by atoms with Crippen molar-refractivity contribution in [2.24, 2.45) is 0 Å². The number of amides is 1. The van der Waals surface area contributed by atoms with E-state index in [9.17, 15) is 31.2 Å². The summed E-state index contributed by atoms with van der Waals surface area (Å²) in [5.41, 5.74) is 15.8. The number of carboxylic acid groups (broad SMARTS) is 1. The molecule has 336 valence electrons. The van der Waals surface area contributed by atoms with Crippen LogP contribution in [-0.2, 0) is 10.1 Å². The number of carbonyl (C=O) groups is 2. The van der Waals surface area contributed by atoms with E-state index < -0.39 is 27.3 Å². The van der Waals surface area contributed by atoms with Gasteiger partial charge in [-0.15, -0.1) is 5.69 Å². The van der Waals surface area contributed by atoms with Crippen LogP contribution in [0.2, 0.25) is 0 Å². The summed E-state index contributed by atoms with van der Waals surface area (Å²) in [5, 5.41) is 11.9. The van der Waals surface area contributed by atoms with Gasteiger partial charge in [0, 0.05) is 22.4 Å². The van der Waals surface area contributed by atoms with Crippen LogP contribution in [0, 0.1) is 55.4 Å². The second-order valence-electron chi connectivity index (χ2n) is 15.7. The Hall–Kier alpha value is -7.46. The molecule has 0 saturated carbocycles. The fourth-order valence-electron chi connectivity index (χ4n) is 7.00. The van der Waals surface area contributed by atoms with Gasteiger partial charge in [0.2, 0.25) is 0 Å². The molecular weight excluding hydrogens is 858 g/mol. The molecule has 65 heavy (non-hydrogen) atoms. The number of nitrogens with one attached hydrogen (secondary N) is 4. The first-order valence-electron chi connectivity index (χ1n) is 20.1. The van der Waals surface area contributed by atoms with Gasteiger partial charge in [0.15, 0.2) is 0 Å². The number of anilines is 1. The third-order valence-corrected chi connectivity index (χ3v) is 11.7. The highest BCUT2D eigenvalue weighted by Crippen LogP contribution is 2.34.